The molecule has 0 atom stereocenters. The van der Waals surface area contributed by atoms with E-state index in [1.54, 1.807) is 68.8 Å². The molecular formula is C32H25O5. The number of phenolic OH excluding ortho intramolecular Hbond substituents is 3. The van der Waals surface area contributed by atoms with Crippen LogP contribution < -0.4 is 9.47 Å². The molecule has 5 rings (SSSR count). The number of ether oxygens (including phenoxy) is 2. The molecule has 0 saturated carbocycles. The largest absolute Gasteiger partial charge is 0.508 e. The first-order chi connectivity index (χ1) is 18.0. The van der Waals surface area contributed by atoms with Gasteiger partial charge in [0, 0.05) is 28.3 Å². The van der Waals surface area contributed by atoms with E-state index in [-0.39, 0.29) is 17.2 Å². The Kier molecular flexibility index (Phi) is 6.43. The topological polar surface area (TPSA) is 79.2 Å². The number of rotatable bonds is 6. The van der Waals surface area contributed by atoms with Gasteiger partial charge in [-0.2, -0.15) is 0 Å². The third-order valence-electron chi connectivity index (χ3n) is 6.24. The fourth-order valence-corrected chi connectivity index (χ4v) is 4.56. The van der Waals surface area contributed by atoms with Gasteiger partial charge in [-0.25, -0.2) is 0 Å². The molecular weight excluding hydrogens is 464 g/mol. The number of para-hydroxylation sites is 1. The average molecular weight is 490 g/mol. The van der Waals surface area contributed by atoms with Crippen LogP contribution in [0.1, 0.15) is 0 Å². The van der Waals surface area contributed by atoms with Crippen LogP contribution in [0.5, 0.6) is 28.7 Å². The van der Waals surface area contributed by atoms with E-state index in [4.69, 9.17) is 9.47 Å². The molecule has 0 saturated heterocycles. The van der Waals surface area contributed by atoms with Crippen molar-refractivity contribution in [2.45, 2.75) is 0 Å². The van der Waals surface area contributed by atoms with Gasteiger partial charge in [0.15, 0.2) is 0 Å². The maximum Gasteiger partial charge on any atom is 0.135 e. The zero-order valence-electron chi connectivity index (χ0n) is 20.4. The molecule has 5 aromatic rings. The van der Waals surface area contributed by atoms with E-state index in [0.717, 1.165) is 22.3 Å². The molecule has 1 radical (unpaired) electrons. The first-order valence-corrected chi connectivity index (χ1v) is 11.7. The number of hydrogen-bond donors (Lipinski definition) is 3. The minimum atomic E-state index is 0.0953. The van der Waals surface area contributed by atoms with Gasteiger partial charge in [-0.1, -0.05) is 54.6 Å². The summed E-state index contributed by atoms with van der Waals surface area (Å²) in [4.78, 5) is 0. The van der Waals surface area contributed by atoms with Crippen LogP contribution in [-0.4, -0.2) is 29.5 Å². The van der Waals surface area contributed by atoms with Gasteiger partial charge in [-0.15, -0.1) is 0 Å². The summed E-state index contributed by atoms with van der Waals surface area (Å²) >= 11 is 0. The number of benzene rings is 5. The Morgan fingerprint density at radius 1 is 0.568 bits per heavy atom. The molecule has 0 heterocycles. The van der Waals surface area contributed by atoms with Crippen molar-refractivity contribution < 1.29 is 24.8 Å². The summed E-state index contributed by atoms with van der Waals surface area (Å²) < 4.78 is 11.4. The average Bonchev–Trinajstić information content (AvgIpc) is 2.92. The molecule has 0 aliphatic rings. The van der Waals surface area contributed by atoms with Crippen molar-refractivity contribution in [2.24, 2.45) is 0 Å². The van der Waals surface area contributed by atoms with Gasteiger partial charge in [0.25, 0.3) is 0 Å². The van der Waals surface area contributed by atoms with Crippen molar-refractivity contribution in [3.05, 3.63) is 103 Å². The van der Waals surface area contributed by atoms with Crippen LogP contribution in [0.15, 0.2) is 97.1 Å². The monoisotopic (exact) mass is 489 g/mol. The smallest absolute Gasteiger partial charge is 0.135 e. The predicted octanol–water partition coefficient (Wildman–Crippen LogP) is 7.29. The van der Waals surface area contributed by atoms with Gasteiger partial charge in [-0.3, -0.25) is 0 Å². The van der Waals surface area contributed by atoms with Crippen molar-refractivity contribution >= 4 is 0 Å². The van der Waals surface area contributed by atoms with Crippen LogP contribution in [-0.2, 0) is 0 Å². The minimum absolute atomic E-state index is 0.0953. The van der Waals surface area contributed by atoms with E-state index in [0.29, 0.717) is 33.8 Å². The molecule has 5 nitrogen and oxygen atoms in total. The second kappa shape index (κ2) is 9.99. The standard InChI is InChI=1S/C32H25O5/c1-36-25-10-6-8-22(18-25)31-29(37-2)19-27(20-13-15-23(33)16-14-20)30(21-7-5-9-24(34)17-21)32(31)26-11-3-4-12-28(26)35/h3-18,33-35H,1-2H3. The zero-order valence-corrected chi connectivity index (χ0v) is 20.4. The van der Waals surface area contributed by atoms with E-state index >= 15 is 0 Å². The van der Waals surface area contributed by atoms with Gasteiger partial charge in [-0.05, 0) is 64.7 Å². The summed E-state index contributed by atoms with van der Waals surface area (Å²) in [6.45, 7) is 0. The van der Waals surface area contributed by atoms with E-state index < -0.39 is 0 Å². The molecule has 0 amide bonds. The Balaban J connectivity index is 2.00. The third-order valence-corrected chi connectivity index (χ3v) is 6.24. The summed E-state index contributed by atoms with van der Waals surface area (Å²) in [5, 5.41) is 31.4. The molecule has 0 aliphatic heterocycles. The highest BCUT2D eigenvalue weighted by Crippen LogP contribution is 2.52. The van der Waals surface area contributed by atoms with E-state index in [9.17, 15) is 15.3 Å². The van der Waals surface area contributed by atoms with Crippen LogP contribution in [0.2, 0.25) is 0 Å². The van der Waals surface area contributed by atoms with Crippen molar-refractivity contribution in [3.8, 4) is 73.3 Å². The Morgan fingerprint density at radius 3 is 1.95 bits per heavy atom. The van der Waals surface area contributed by atoms with Crippen LogP contribution in [0.25, 0.3) is 44.5 Å². The molecule has 3 N–H and O–H groups in total. The normalized spacial score (nSPS) is 10.8. The Morgan fingerprint density at radius 2 is 1.27 bits per heavy atom. The van der Waals surface area contributed by atoms with Crippen molar-refractivity contribution in [1.29, 1.82) is 0 Å². The van der Waals surface area contributed by atoms with E-state index in [1.807, 2.05) is 42.5 Å². The lowest BCUT2D eigenvalue weighted by Crippen LogP contribution is -1.99. The zero-order chi connectivity index (χ0) is 25.9. The Bertz CT molecular complexity index is 1570. The molecule has 0 spiro atoms. The van der Waals surface area contributed by atoms with Crippen molar-refractivity contribution in [2.75, 3.05) is 14.2 Å². The van der Waals surface area contributed by atoms with Gasteiger partial charge in [0.2, 0.25) is 0 Å². The molecule has 0 aliphatic carbocycles. The highest BCUT2D eigenvalue weighted by molar-refractivity contribution is 6.05. The SMILES string of the molecule is COc1cccc(-c2c(OC)[c]c(-c3ccc(O)cc3)c(-c3cccc(O)c3)c2-c2ccccc2O)c1. The van der Waals surface area contributed by atoms with E-state index in [1.165, 1.54) is 0 Å². The molecule has 5 heteroatoms. The second-order valence-corrected chi connectivity index (χ2v) is 8.50. The first-order valence-electron chi connectivity index (χ1n) is 11.7. The molecule has 0 aromatic heterocycles. The lowest BCUT2D eigenvalue weighted by atomic mass is 9.82. The molecule has 5 aromatic carbocycles. The molecule has 37 heavy (non-hydrogen) atoms. The summed E-state index contributed by atoms with van der Waals surface area (Å²) in [5.74, 6) is 1.49. The Hall–Kier alpha value is -4.90. The third kappa shape index (κ3) is 4.55. The van der Waals surface area contributed by atoms with Gasteiger partial charge < -0.3 is 24.8 Å². The minimum Gasteiger partial charge on any atom is -0.508 e. The van der Waals surface area contributed by atoms with Crippen molar-refractivity contribution in [3.63, 3.8) is 0 Å². The highest BCUT2D eigenvalue weighted by Gasteiger charge is 2.25. The van der Waals surface area contributed by atoms with Gasteiger partial charge >= 0.3 is 0 Å². The molecule has 0 unspecified atom stereocenters. The number of methoxy groups -OCH3 is 2. The molecule has 0 fully saturated rings. The predicted molar refractivity (Wildman–Crippen MR) is 145 cm³/mol. The van der Waals surface area contributed by atoms with Crippen LogP contribution in [0, 0.1) is 6.07 Å². The summed E-state index contributed by atoms with van der Waals surface area (Å²) in [6, 6.07) is 31.9. The van der Waals surface area contributed by atoms with Crippen molar-refractivity contribution in [1.82, 2.24) is 0 Å². The Labute approximate surface area is 215 Å². The molecule has 0 bridgehead atoms. The highest BCUT2D eigenvalue weighted by atomic mass is 16.5. The fraction of sp³-hybridized carbons (Fsp3) is 0.0625. The summed E-state index contributed by atoms with van der Waals surface area (Å²) in [5.41, 5.74) is 5.75. The fourth-order valence-electron chi connectivity index (χ4n) is 4.56. The molecule has 183 valence electrons. The quantitative estimate of drug-likeness (QED) is 0.233. The van der Waals surface area contributed by atoms with Crippen LogP contribution in [0.4, 0.5) is 0 Å². The maximum absolute atomic E-state index is 11.1. The number of aromatic hydroxyl groups is 3. The lowest BCUT2D eigenvalue weighted by Gasteiger charge is -2.23. The summed E-state index contributed by atoms with van der Waals surface area (Å²) in [7, 11) is 3.19. The maximum atomic E-state index is 11.1. The lowest BCUT2D eigenvalue weighted by molar-refractivity contribution is 0.413. The summed E-state index contributed by atoms with van der Waals surface area (Å²) in [6.07, 6.45) is 0. The first kappa shape index (κ1) is 23.8. The second-order valence-electron chi connectivity index (χ2n) is 8.50. The van der Waals surface area contributed by atoms with Gasteiger partial charge in [0.05, 0.1) is 14.2 Å². The van der Waals surface area contributed by atoms with E-state index in [2.05, 4.69) is 6.07 Å². The van der Waals surface area contributed by atoms with Crippen LogP contribution in [0.3, 0.4) is 0 Å². The number of phenols is 3. The van der Waals surface area contributed by atoms with Crippen LogP contribution >= 0.6 is 0 Å². The van der Waals surface area contributed by atoms with Gasteiger partial charge in [0.1, 0.15) is 28.7 Å². The number of hydrogen-bond acceptors (Lipinski definition) is 5.